The Bertz CT molecular complexity index is 535. The molecule has 0 saturated carbocycles. The molecule has 2 N–H and O–H groups in total. The zero-order chi connectivity index (χ0) is 12.6. The molecule has 0 radical (unpaired) electrons. The summed E-state index contributed by atoms with van der Waals surface area (Å²) in [6.07, 6.45) is 0. The maximum absolute atomic E-state index is 5.68. The molecule has 0 saturated heterocycles. The van der Waals surface area contributed by atoms with Crippen molar-refractivity contribution in [1.29, 1.82) is 0 Å². The Balaban J connectivity index is 1.94. The van der Waals surface area contributed by atoms with Gasteiger partial charge in [0.25, 0.3) is 0 Å². The Morgan fingerprint density at radius 2 is 1.67 bits per heavy atom. The molecule has 0 heterocycles. The van der Waals surface area contributed by atoms with Crippen LogP contribution in [0.5, 0.6) is 5.75 Å². The smallest absolute Gasteiger partial charge is 0.119 e. The summed E-state index contributed by atoms with van der Waals surface area (Å²) in [6, 6.07) is 17.8. The van der Waals surface area contributed by atoms with Crippen LogP contribution in [0.2, 0.25) is 0 Å². The van der Waals surface area contributed by atoms with E-state index in [4.69, 9.17) is 10.5 Å². The lowest BCUT2D eigenvalue weighted by Gasteiger charge is -2.05. The average Bonchev–Trinajstić information content (AvgIpc) is 2.45. The first-order valence-corrected chi connectivity index (χ1v) is 5.84. The van der Waals surface area contributed by atoms with E-state index in [-0.39, 0.29) is 0 Å². The molecule has 0 amide bonds. The lowest BCUT2D eigenvalue weighted by molar-refractivity contribution is 0.306. The van der Waals surface area contributed by atoms with E-state index in [0.717, 1.165) is 16.9 Å². The van der Waals surface area contributed by atoms with Gasteiger partial charge in [-0.1, -0.05) is 42.2 Å². The third-order valence-corrected chi connectivity index (χ3v) is 2.44. The fraction of sp³-hybridized carbons (Fsp3) is 0.125. The van der Waals surface area contributed by atoms with Gasteiger partial charge in [0, 0.05) is 5.56 Å². The minimum atomic E-state index is 0.381. The molecule has 2 rings (SSSR count). The molecule has 2 heteroatoms. The third-order valence-electron chi connectivity index (χ3n) is 2.44. The van der Waals surface area contributed by atoms with E-state index in [9.17, 15) is 0 Å². The van der Waals surface area contributed by atoms with Crippen LogP contribution in [0.1, 0.15) is 11.1 Å². The van der Waals surface area contributed by atoms with Gasteiger partial charge >= 0.3 is 0 Å². The summed E-state index contributed by atoms with van der Waals surface area (Å²) >= 11 is 0. The van der Waals surface area contributed by atoms with Gasteiger partial charge in [0.1, 0.15) is 12.4 Å². The van der Waals surface area contributed by atoms with Crippen LogP contribution in [0.25, 0.3) is 0 Å². The van der Waals surface area contributed by atoms with Crippen molar-refractivity contribution in [2.45, 2.75) is 6.61 Å². The lowest BCUT2D eigenvalue weighted by atomic mass is 10.2. The molecular weight excluding hydrogens is 222 g/mol. The largest absolute Gasteiger partial charge is 0.489 e. The second kappa shape index (κ2) is 6.48. The number of benzene rings is 2. The second-order valence-corrected chi connectivity index (χ2v) is 3.80. The van der Waals surface area contributed by atoms with Crippen LogP contribution in [-0.2, 0) is 6.61 Å². The van der Waals surface area contributed by atoms with Crippen molar-refractivity contribution in [1.82, 2.24) is 0 Å². The highest BCUT2D eigenvalue weighted by Gasteiger charge is 1.95. The van der Waals surface area contributed by atoms with Crippen LogP contribution in [0.4, 0.5) is 0 Å². The molecular formula is C16H15NO. The Morgan fingerprint density at radius 1 is 0.944 bits per heavy atom. The Labute approximate surface area is 107 Å². The SMILES string of the molecule is NCC#Cc1ccc(OCc2ccccc2)cc1. The van der Waals surface area contributed by atoms with Gasteiger partial charge in [-0.3, -0.25) is 0 Å². The van der Waals surface area contributed by atoms with E-state index in [1.54, 1.807) is 0 Å². The maximum atomic E-state index is 5.68. The van der Waals surface area contributed by atoms with Gasteiger partial charge in [-0.25, -0.2) is 0 Å². The molecule has 0 aromatic heterocycles. The summed E-state index contributed by atoms with van der Waals surface area (Å²) in [5.74, 6) is 6.64. The predicted molar refractivity (Wildman–Crippen MR) is 73.1 cm³/mol. The Kier molecular flexibility index (Phi) is 4.40. The summed E-state index contributed by atoms with van der Waals surface area (Å²) in [7, 11) is 0. The van der Waals surface area contributed by atoms with Gasteiger partial charge < -0.3 is 10.5 Å². The van der Waals surface area contributed by atoms with Crippen LogP contribution >= 0.6 is 0 Å². The van der Waals surface area contributed by atoms with Crippen molar-refractivity contribution in [3.8, 4) is 17.6 Å². The minimum absolute atomic E-state index is 0.381. The number of ether oxygens (including phenoxy) is 1. The molecule has 0 unspecified atom stereocenters. The van der Waals surface area contributed by atoms with Gasteiger partial charge in [-0.2, -0.15) is 0 Å². The molecule has 2 aromatic carbocycles. The fourth-order valence-electron chi connectivity index (χ4n) is 1.53. The zero-order valence-electron chi connectivity index (χ0n) is 10.1. The summed E-state index contributed by atoms with van der Waals surface area (Å²) in [5.41, 5.74) is 7.43. The molecule has 0 aliphatic heterocycles. The van der Waals surface area contributed by atoms with E-state index in [1.807, 2.05) is 54.6 Å². The number of nitrogens with two attached hydrogens (primary N) is 1. The van der Waals surface area contributed by atoms with Crippen molar-refractivity contribution in [3.63, 3.8) is 0 Å². The fourth-order valence-corrected chi connectivity index (χ4v) is 1.53. The summed E-state index contributed by atoms with van der Waals surface area (Å²) in [4.78, 5) is 0. The summed E-state index contributed by atoms with van der Waals surface area (Å²) in [5, 5.41) is 0. The summed E-state index contributed by atoms with van der Waals surface area (Å²) in [6.45, 7) is 0.959. The molecule has 0 fully saturated rings. The molecule has 0 bridgehead atoms. The van der Waals surface area contributed by atoms with Crippen molar-refractivity contribution < 1.29 is 4.74 Å². The maximum Gasteiger partial charge on any atom is 0.119 e. The van der Waals surface area contributed by atoms with Crippen LogP contribution in [0.3, 0.4) is 0 Å². The van der Waals surface area contributed by atoms with E-state index in [0.29, 0.717) is 13.2 Å². The molecule has 0 aliphatic carbocycles. The van der Waals surface area contributed by atoms with Crippen molar-refractivity contribution >= 4 is 0 Å². The Hall–Kier alpha value is -2.24. The monoisotopic (exact) mass is 237 g/mol. The number of rotatable bonds is 3. The third kappa shape index (κ3) is 3.65. The topological polar surface area (TPSA) is 35.2 Å². The van der Waals surface area contributed by atoms with Gasteiger partial charge in [-0.05, 0) is 29.8 Å². The van der Waals surface area contributed by atoms with Crippen LogP contribution < -0.4 is 10.5 Å². The van der Waals surface area contributed by atoms with E-state index in [2.05, 4.69) is 11.8 Å². The number of hydrogen-bond acceptors (Lipinski definition) is 2. The van der Waals surface area contributed by atoms with Crippen LogP contribution in [0.15, 0.2) is 54.6 Å². The lowest BCUT2D eigenvalue weighted by Crippen LogP contribution is -1.95. The Morgan fingerprint density at radius 3 is 2.33 bits per heavy atom. The standard InChI is InChI=1S/C16H15NO/c17-12-4-7-14-8-10-16(11-9-14)18-13-15-5-2-1-3-6-15/h1-3,5-6,8-11H,12-13,17H2. The van der Waals surface area contributed by atoms with Gasteiger partial charge in [0.2, 0.25) is 0 Å². The van der Waals surface area contributed by atoms with Gasteiger partial charge in [0.05, 0.1) is 6.54 Å². The van der Waals surface area contributed by atoms with Gasteiger partial charge in [0.15, 0.2) is 0 Å². The normalized spacial score (nSPS) is 9.39. The molecule has 0 atom stereocenters. The quantitative estimate of drug-likeness (QED) is 0.833. The zero-order valence-corrected chi connectivity index (χ0v) is 10.1. The minimum Gasteiger partial charge on any atom is -0.489 e. The molecule has 0 aliphatic rings. The van der Waals surface area contributed by atoms with E-state index < -0.39 is 0 Å². The molecule has 2 aromatic rings. The van der Waals surface area contributed by atoms with E-state index in [1.165, 1.54) is 0 Å². The second-order valence-electron chi connectivity index (χ2n) is 3.80. The van der Waals surface area contributed by atoms with Crippen molar-refractivity contribution in [2.75, 3.05) is 6.54 Å². The highest BCUT2D eigenvalue weighted by molar-refractivity contribution is 5.38. The van der Waals surface area contributed by atoms with Crippen molar-refractivity contribution in [2.24, 2.45) is 5.73 Å². The predicted octanol–water partition coefficient (Wildman–Crippen LogP) is 2.58. The number of hydrogen-bond donors (Lipinski definition) is 1. The first-order valence-electron chi connectivity index (χ1n) is 5.84. The average molecular weight is 237 g/mol. The highest BCUT2D eigenvalue weighted by atomic mass is 16.5. The highest BCUT2D eigenvalue weighted by Crippen LogP contribution is 2.13. The first kappa shape index (κ1) is 12.2. The molecule has 2 nitrogen and oxygen atoms in total. The van der Waals surface area contributed by atoms with Crippen molar-refractivity contribution in [3.05, 3.63) is 65.7 Å². The molecule has 90 valence electrons. The van der Waals surface area contributed by atoms with Crippen LogP contribution in [0, 0.1) is 11.8 Å². The van der Waals surface area contributed by atoms with E-state index >= 15 is 0 Å². The molecule has 0 spiro atoms. The molecule has 18 heavy (non-hydrogen) atoms. The van der Waals surface area contributed by atoms with Gasteiger partial charge in [-0.15, -0.1) is 0 Å². The van der Waals surface area contributed by atoms with Crippen LogP contribution in [-0.4, -0.2) is 6.54 Å². The first-order chi connectivity index (χ1) is 8.88. The summed E-state index contributed by atoms with van der Waals surface area (Å²) < 4.78 is 5.68.